The monoisotopic (exact) mass is 369 g/mol. The van der Waals surface area contributed by atoms with Crippen LogP contribution in [0.1, 0.15) is 5.56 Å². The molecule has 3 aromatic rings. The van der Waals surface area contributed by atoms with Crippen molar-refractivity contribution in [3.63, 3.8) is 0 Å². The zero-order chi connectivity index (χ0) is 17.9. The Morgan fingerprint density at radius 1 is 1.23 bits per heavy atom. The van der Waals surface area contributed by atoms with Gasteiger partial charge in [0.1, 0.15) is 0 Å². The van der Waals surface area contributed by atoms with E-state index in [-0.39, 0.29) is 19.1 Å². The molecule has 0 fully saturated rings. The number of nitrogens with zero attached hydrogens (tertiary/aromatic N) is 5. The van der Waals surface area contributed by atoms with E-state index in [4.69, 9.17) is 4.74 Å². The molecule has 0 atom stereocenters. The number of aromatic nitrogens is 4. The van der Waals surface area contributed by atoms with Crippen LogP contribution < -0.4 is 4.90 Å². The summed E-state index contributed by atoms with van der Waals surface area (Å²) in [6.45, 7) is 0.102. The van der Waals surface area contributed by atoms with Gasteiger partial charge in [-0.1, -0.05) is 18.2 Å². The summed E-state index contributed by atoms with van der Waals surface area (Å²) in [5.41, 5.74) is 2.85. The largest absolute Gasteiger partial charge is 0.454 e. The number of carbonyl (C=O) groups excluding carboxylic acids is 2. The summed E-state index contributed by atoms with van der Waals surface area (Å²) in [6.07, 6.45) is 0.810. The second-order valence-corrected chi connectivity index (χ2v) is 6.52. The Bertz CT molecular complexity index is 938. The summed E-state index contributed by atoms with van der Waals surface area (Å²) >= 11 is 1.53. The maximum atomic E-state index is 12.3. The Labute approximate surface area is 153 Å². The predicted molar refractivity (Wildman–Crippen MR) is 94.6 cm³/mol. The first kappa shape index (κ1) is 16.4. The average molecular weight is 369 g/mol. The van der Waals surface area contributed by atoms with Gasteiger partial charge in [0.05, 0.1) is 0 Å². The molecule has 1 aliphatic rings. The number of thiophene rings is 1. The van der Waals surface area contributed by atoms with Crippen LogP contribution in [0.15, 0.2) is 41.1 Å². The number of amides is 1. The molecule has 0 bridgehead atoms. The van der Waals surface area contributed by atoms with Crippen LogP contribution in [-0.2, 0) is 27.3 Å². The second-order valence-electron chi connectivity index (χ2n) is 5.74. The number of fused-ring (bicyclic) bond motifs is 1. The number of rotatable bonds is 5. The summed E-state index contributed by atoms with van der Waals surface area (Å²) in [7, 11) is 0. The van der Waals surface area contributed by atoms with E-state index in [2.05, 4.69) is 15.4 Å². The first-order valence-electron chi connectivity index (χ1n) is 8.05. The van der Waals surface area contributed by atoms with Gasteiger partial charge in [-0.05, 0) is 34.7 Å². The van der Waals surface area contributed by atoms with Crippen LogP contribution in [0.2, 0.25) is 0 Å². The van der Waals surface area contributed by atoms with Gasteiger partial charge in [-0.3, -0.25) is 4.79 Å². The van der Waals surface area contributed by atoms with Gasteiger partial charge in [-0.25, -0.2) is 4.79 Å². The van der Waals surface area contributed by atoms with Crippen molar-refractivity contribution < 1.29 is 14.3 Å². The van der Waals surface area contributed by atoms with Crippen LogP contribution in [0.5, 0.6) is 0 Å². The van der Waals surface area contributed by atoms with Crippen molar-refractivity contribution in [2.45, 2.75) is 13.0 Å². The Morgan fingerprint density at radius 3 is 2.96 bits per heavy atom. The second kappa shape index (κ2) is 7.04. The number of carbonyl (C=O) groups is 2. The highest BCUT2D eigenvalue weighted by atomic mass is 32.1. The lowest BCUT2D eigenvalue weighted by Gasteiger charge is -2.17. The molecule has 0 radical (unpaired) electrons. The number of benzene rings is 1. The lowest BCUT2D eigenvalue weighted by molar-refractivity contribution is -0.148. The van der Waals surface area contributed by atoms with Crippen molar-refractivity contribution in [1.82, 2.24) is 20.2 Å². The number of esters is 1. The Kier molecular flexibility index (Phi) is 4.44. The fourth-order valence-corrected chi connectivity index (χ4v) is 3.43. The number of hydrogen-bond donors (Lipinski definition) is 0. The van der Waals surface area contributed by atoms with E-state index >= 15 is 0 Å². The van der Waals surface area contributed by atoms with Crippen molar-refractivity contribution in [3.8, 4) is 11.4 Å². The number of anilines is 1. The number of tetrazole rings is 1. The smallest absolute Gasteiger partial charge is 0.330 e. The van der Waals surface area contributed by atoms with Crippen molar-refractivity contribution in [1.29, 1.82) is 0 Å². The maximum Gasteiger partial charge on any atom is 0.330 e. The van der Waals surface area contributed by atoms with Crippen LogP contribution in [0, 0.1) is 0 Å². The van der Waals surface area contributed by atoms with Gasteiger partial charge in [0.15, 0.2) is 13.2 Å². The Balaban J connectivity index is 1.31. The number of hydrogen-bond acceptors (Lipinski definition) is 7. The van der Waals surface area contributed by atoms with Gasteiger partial charge in [-0.15, -0.1) is 10.2 Å². The van der Waals surface area contributed by atoms with Gasteiger partial charge < -0.3 is 9.64 Å². The van der Waals surface area contributed by atoms with Gasteiger partial charge in [0.25, 0.3) is 5.91 Å². The summed E-state index contributed by atoms with van der Waals surface area (Å²) in [5, 5.41) is 15.7. The van der Waals surface area contributed by atoms with Crippen LogP contribution in [0.3, 0.4) is 0 Å². The number of para-hydroxylation sites is 1. The lowest BCUT2D eigenvalue weighted by Crippen LogP contribution is -2.33. The van der Waals surface area contributed by atoms with E-state index in [1.54, 1.807) is 4.90 Å². The zero-order valence-corrected chi connectivity index (χ0v) is 14.6. The molecule has 4 rings (SSSR count). The lowest BCUT2D eigenvalue weighted by atomic mass is 10.2. The molecule has 0 saturated carbocycles. The first-order valence-corrected chi connectivity index (χ1v) is 8.99. The average Bonchev–Trinajstić information content (AvgIpc) is 3.39. The molecule has 0 saturated heterocycles. The van der Waals surface area contributed by atoms with E-state index in [0.29, 0.717) is 12.4 Å². The van der Waals surface area contributed by atoms with Gasteiger partial charge in [-0.2, -0.15) is 16.1 Å². The molecule has 8 nitrogen and oxygen atoms in total. The van der Waals surface area contributed by atoms with E-state index in [1.807, 2.05) is 41.1 Å². The molecule has 9 heteroatoms. The molecule has 2 aromatic heterocycles. The minimum atomic E-state index is -0.583. The third-order valence-corrected chi connectivity index (χ3v) is 4.73. The molecule has 0 aliphatic carbocycles. The van der Waals surface area contributed by atoms with Crippen molar-refractivity contribution in [3.05, 3.63) is 46.7 Å². The third-order valence-electron chi connectivity index (χ3n) is 4.05. The third kappa shape index (κ3) is 3.33. The zero-order valence-electron chi connectivity index (χ0n) is 13.7. The van der Waals surface area contributed by atoms with Crippen molar-refractivity contribution in [2.75, 3.05) is 18.1 Å². The summed E-state index contributed by atoms with van der Waals surface area (Å²) in [6, 6.07) is 9.60. The standard InChI is InChI=1S/C17H15N5O3S/c23-15(21-7-5-12-3-1-2-4-14(12)21)10-25-16(24)9-22-19-17(18-20-22)13-6-8-26-11-13/h1-4,6,8,11H,5,7,9-10H2. The number of ether oxygens (including phenoxy) is 1. The van der Waals surface area contributed by atoms with Crippen LogP contribution >= 0.6 is 11.3 Å². The van der Waals surface area contributed by atoms with Crippen LogP contribution in [0.4, 0.5) is 5.69 Å². The maximum absolute atomic E-state index is 12.3. The topological polar surface area (TPSA) is 90.2 Å². The minimum Gasteiger partial charge on any atom is -0.454 e. The molecule has 1 aromatic carbocycles. The fourth-order valence-electron chi connectivity index (χ4n) is 2.80. The van der Waals surface area contributed by atoms with E-state index < -0.39 is 5.97 Å². The summed E-state index contributed by atoms with van der Waals surface area (Å²) < 4.78 is 5.08. The SMILES string of the molecule is O=C(Cn1nnc(-c2ccsc2)n1)OCC(=O)N1CCc2ccccc21. The molecule has 26 heavy (non-hydrogen) atoms. The highest BCUT2D eigenvalue weighted by Gasteiger charge is 2.25. The van der Waals surface area contributed by atoms with Crippen molar-refractivity contribution >= 4 is 28.9 Å². The Hall–Kier alpha value is -3.07. The van der Waals surface area contributed by atoms with Crippen LogP contribution in [0.25, 0.3) is 11.4 Å². The fraction of sp³-hybridized carbons (Fsp3) is 0.235. The molecule has 0 N–H and O–H groups in total. The molecule has 0 unspecified atom stereocenters. The molecule has 1 aliphatic heterocycles. The van der Waals surface area contributed by atoms with Gasteiger partial charge in [0, 0.05) is 23.2 Å². The van der Waals surface area contributed by atoms with Gasteiger partial charge >= 0.3 is 5.97 Å². The van der Waals surface area contributed by atoms with Gasteiger partial charge in [0.2, 0.25) is 5.82 Å². The molecule has 0 spiro atoms. The van der Waals surface area contributed by atoms with Crippen LogP contribution in [-0.4, -0.2) is 45.2 Å². The molecule has 3 heterocycles. The highest BCUT2D eigenvalue weighted by Crippen LogP contribution is 2.27. The molecular weight excluding hydrogens is 354 g/mol. The normalized spacial score (nSPS) is 12.8. The summed E-state index contributed by atoms with van der Waals surface area (Å²) in [4.78, 5) is 27.1. The Morgan fingerprint density at radius 2 is 2.12 bits per heavy atom. The minimum absolute atomic E-state index is 0.193. The molecular formula is C17H15N5O3S. The first-order chi connectivity index (χ1) is 12.7. The molecule has 132 valence electrons. The quantitative estimate of drug-likeness (QED) is 0.634. The van der Waals surface area contributed by atoms with E-state index in [1.165, 1.54) is 11.3 Å². The van der Waals surface area contributed by atoms with Crippen molar-refractivity contribution in [2.24, 2.45) is 0 Å². The molecule has 1 amide bonds. The predicted octanol–water partition coefficient (Wildman–Crippen LogP) is 1.53. The van der Waals surface area contributed by atoms with E-state index in [0.717, 1.165) is 28.0 Å². The van der Waals surface area contributed by atoms with E-state index in [9.17, 15) is 9.59 Å². The summed E-state index contributed by atoms with van der Waals surface area (Å²) in [5.74, 6) is -0.377. The highest BCUT2D eigenvalue weighted by molar-refractivity contribution is 7.08.